The van der Waals surface area contributed by atoms with E-state index in [4.69, 9.17) is 21.1 Å². The number of carbonyl (C=O) groups is 1. The first kappa shape index (κ1) is 19.8. The van der Waals surface area contributed by atoms with Gasteiger partial charge in [-0.2, -0.15) is 0 Å². The third kappa shape index (κ3) is 4.86. The first-order valence-corrected chi connectivity index (χ1v) is 10.0. The lowest BCUT2D eigenvalue weighted by Gasteiger charge is -2.12. The van der Waals surface area contributed by atoms with E-state index in [0.717, 1.165) is 10.0 Å². The number of halogens is 2. The molecule has 1 heterocycles. The number of ether oxygens (including phenoxy) is 2. The van der Waals surface area contributed by atoms with Crippen molar-refractivity contribution in [3.63, 3.8) is 0 Å². The topological polar surface area (TPSA) is 59.9 Å². The van der Waals surface area contributed by atoms with Gasteiger partial charge in [0.15, 0.2) is 16.7 Å². The standard InChI is InChI=1S/C19H16BrClN2O3S/c1-3-26-17-14(20)8-11(9-15(17)25-2)10-16-18(24)23-19(27-16)22-13-6-4-12(21)5-7-13/h4-10H,3H2,1-2H3,(H,22,23,24)/b16-10-. The van der Waals surface area contributed by atoms with Crippen molar-refractivity contribution in [3.05, 3.63) is 56.4 Å². The molecule has 1 amide bonds. The van der Waals surface area contributed by atoms with E-state index in [1.807, 2.05) is 19.1 Å². The van der Waals surface area contributed by atoms with E-state index in [0.29, 0.717) is 38.9 Å². The molecule has 1 saturated heterocycles. The van der Waals surface area contributed by atoms with Crippen LogP contribution in [0.5, 0.6) is 11.5 Å². The summed E-state index contributed by atoms with van der Waals surface area (Å²) in [6.45, 7) is 2.43. The summed E-state index contributed by atoms with van der Waals surface area (Å²) in [7, 11) is 1.58. The number of benzene rings is 2. The second-order valence-electron chi connectivity index (χ2n) is 5.43. The Morgan fingerprint density at radius 1 is 1.30 bits per heavy atom. The van der Waals surface area contributed by atoms with Crippen LogP contribution in [0.4, 0.5) is 5.69 Å². The molecule has 0 spiro atoms. The van der Waals surface area contributed by atoms with Crippen molar-refractivity contribution in [2.45, 2.75) is 6.92 Å². The molecule has 2 aromatic carbocycles. The summed E-state index contributed by atoms with van der Waals surface area (Å²) < 4.78 is 11.7. The third-order valence-corrected chi connectivity index (χ3v) is 5.30. The van der Waals surface area contributed by atoms with Gasteiger partial charge in [0.25, 0.3) is 5.91 Å². The zero-order valence-electron chi connectivity index (χ0n) is 14.6. The summed E-state index contributed by atoms with van der Waals surface area (Å²) in [6.07, 6.45) is 1.79. The van der Waals surface area contributed by atoms with Gasteiger partial charge in [-0.3, -0.25) is 4.79 Å². The fourth-order valence-corrected chi connectivity index (χ4v) is 3.91. The van der Waals surface area contributed by atoms with Crippen molar-refractivity contribution in [1.29, 1.82) is 0 Å². The lowest BCUT2D eigenvalue weighted by atomic mass is 10.2. The Bertz CT molecular complexity index is 929. The van der Waals surface area contributed by atoms with Gasteiger partial charge >= 0.3 is 0 Å². The number of hydrogen-bond donors (Lipinski definition) is 1. The SMILES string of the molecule is CCOc1c(Br)cc(/C=C2\SC(=Nc3ccc(Cl)cc3)NC2=O)cc1OC. The van der Waals surface area contributed by atoms with E-state index in [1.54, 1.807) is 37.5 Å². The average molecular weight is 468 g/mol. The molecule has 3 rings (SSSR count). The number of amidine groups is 1. The molecule has 140 valence electrons. The highest BCUT2D eigenvalue weighted by molar-refractivity contribution is 9.10. The number of carbonyl (C=O) groups excluding carboxylic acids is 1. The Morgan fingerprint density at radius 3 is 2.70 bits per heavy atom. The van der Waals surface area contributed by atoms with E-state index in [2.05, 4.69) is 26.2 Å². The van der Waals surface area contributed by atoms with Crippen molar-refractivity contribution in [2.75, 3.05) is 13.7 Å². The van der Waals surface area contributed by atoms with Gasteiger partial charge in [-0.1, -0.05) is 11.6 Å². The Balaban J connectivity index is 1.86. The molecule has 0 radical (unpaired) electrons. The summed E-state index contributed by atoms with van der Waals surface area (Å²) in [5.41, 5.74) is 1.53. The molecule has 0 aliphatic carbocycles. The summed E-state index contributed by atoms with van der Waals surface area (Å²) in [6, 6.07) is 10.8. The molecule has 2 aromatic rings. The van der Waals surface area contributed by atoms with Gasteiger partial charge in [-0.25, -0.2) is 4.99 Å². The lowest BCUT2D eigenvalue weighted by molar-refractivity contribution is -0.115. The van der Waals surface area contributed by atoms with Crippen LogP contribution in [0.25, 0.3) is 6.08 Å². The molecule has 1 aliphatic heterocycles. The maximum absolute atomic E-state index is 12.3. The van der Waals surface area contributed by atoms with Crippen molar-refractivity contribution < 1.29 is 14.3 Å². The average Bonchev–Trinajstić information content (AvgIpc) is 2.98. The zero-order chi connectivity index (χ0) is 19.4. The van der Waals surface area contributed by atoms with Gasteiger partial charge < -0.3 is 14.8 Å². The fraction of sp³-hybridized carbons (Fsp3) is 0.158. The molecule has 0 atom stereocenters. The van der Waals surface area contributed by atoms with Gasteiger partial charge in [-0.15, -0.1) is 0 Å². The minimum absolute atomic E-state index is 0.198. The molecule has 0 unspecified atom stereocenters. The first-order valence-electron chi connectivity index (χ1n) is 8.05. The molecule has 0 bridgehead atoms. The predicted octanol–water partition coefficient (Wildman–Crippen LogP) is 5.40. The van der Waals surface area contributed by atoms with Gasteiger partial charge in [0.05, 0.1) is 28.8 Å². The number of amides is 1. The van der Waals surface area contributed by atoms with E-state index < -0.39 is 0 Å². The molecular weight excluding hydrogens is 452 g/mol. The summed E-state index contributed by atoms with van der Waals surface area (Å²) in [5, 5.41) is 3.92. The Morgan fingerprint density at radius 2 is 2.04 bits per heavy atom. The monoisotopic (exact) mass is 466 g/mol. The number of thioether (sulfide) groups is 1. The third-order valence-electron chi connectivity index (χ3n) is 3.55. The van der Waals surface area contributed by atoms with Crippen LogP contribution < -0.4 is 14.8 Å². The Labute approximate surface area is 174 Å². The lowest BCUT2D eigenvalue weighted by Crippen LogP contribution is -2.19. The highest BCUT2D eigenvalue weighted by atomic mass is 79.9. The summed E-state index contributed by atoms with van der Waals surface area (Å²) in [4.78, 5) is 17.2. The Kier molecular flexibility index (Phi) is 6.46. The number of nitrogens with one attached hydrogen (secondary N) is 1. The van der Waals surface area contributed by atoms with E-state index in [1.165, 1.54) is 11.8 Å². The normalized spacial score (nSPS) is 16.7. The molecule has 1 N–H and O–H groups in total. The minimum Gasteiger partial charge on any atom is -0.493 e. The van der Waals surface area contributed by atoms with E-state index >= 15 is 0 Å². The van der Waals surface area contributed by atoms with Gasteiger partial charge in [-0.05, 0) is 82.7 Å². The van der Waals surface area contributed by atoms with Crippen LogP contribution in [0.1, 0.15) is 12.5 Å². The summed E-state index contributed by atoms with van der Waals surface area (Å²) in [5.74, 6) is 1.03. The molecular formula is C19H16BrClN2O3S. The van der Waals surface area contributed by atoms with Crippen LogP contribution in [0.3, 0.4) is 0 Å². The second-order valence-corrected chi connectivity index (χ2v) is 7.75. The maximum atomic E-state index is 12.3. The van der Waals surface area contributed by atoms with Crippen LogP contribution >= 0.6 is 39.3 Å². The highest BCUT2D eigenvalue weighted by Gasteiger charge is 2.24. The zero-order valence-corrected chi connectivity index (χ0v) is 17.7. The van der Waals surface area contributed by atoms with Crippen LogP contribution in [0.15, 0.2) is 50.8 Å². The molecule has 27 heavy (non-hydrogen) atoms. The molecule has 1 aliphatic rings. The molecule has 1 fully saturated rings. The van der Waals surface area contributed by atoms with Gasteiger partial charge in [0.1, 0.15) is 0 Å². The van der Waals surface area contributed by atoms with Crippen molar-refractivity contribution in [1.82, 2.24) is 5.32 Å². The number of nitrogens with zero attached hydrogens (tertiary/aromatic N) is 1. The van der Waals surface area contributed by atoms with Crippen molar-refractivity contribution in [3.8, 4) is 11.5 Å². The molecule has 5 nitrogen and oxygen atoms in total. The van der Waals surface area contributed by atoms with Gasteiger partial charge in [0.2, 0.25) is 0 Å². The largest absolute Gasteiger partial charge is 0.493 e. The molecule has 8 heteroatoms. The second kappa shape index (κ2) is 8.82. The highest BCUT2D eigenvalue weighted by Crippen LogP contribution is 2.38. The fourth-order valence-electron chi connectivity index (χ4n) is 2.37. The van der Waals surface area contributed by atoms with Crippen LogP contribution in [0, 0.1) is 0 Å². The van der Waals surface area contributed by atoms with Crippen molar-refractivity contribution >= 4 is 62.1 Å². The van der Waals surface area contributed by atoms with Gasteiger partial charge in [0, 0.05) is 5.02 Å². The predicted molar refractivity (Wildman–Crippen MR) is 114 cm³/mol. The maximum Gasteiger partial charge on any atom is 0.264 e. The molecule has 0 aromatic heterocycles. The first-order chi connectivity index (χ1) is 13.0. The smallest absolute Gasteiger partial charge is 0.264 e. The minimum atomic E-state index is -0.198. The van der Waals surface area contributed by atoms with Crippen molar-refractivity contribution in [2.24, 2.45) is 4.99 Å². The number of hydrogen-bond acceptors (Lipinski definition) is 5. The number of methoxy groups -OCH3 is 1. The van der Waals surface area contributed by atoms with Crippen LogP contribution in [0.2, 0.25) is 5.02 Å². The molecule has 0 saturated carbocycles. The summed E-state index contributed by atoms with van der Waals surface area (Å²) >= 11 is 10.6. The van der Waals surface area contributed by atoms with Crippen LogP contribution in [-0.2, 0) is 4.79 Å². The van der Waals surface area contributed by atoms with E-state index in [-0.39, 0.29) is 5.91 Å². The van der Waals surface area contributed by atoms with E-state index in [9.17, 15) is 4.79 Å². The number of aliphatic imine (C=N–C) groups is 1. The number of rotatable bonds is 5. The Hall–Kier alpha value is -1.96. The van der Waals surface area contributed by atoms with Crippen LogP contribution in [-0.4, -0.2) is 24.8 Å². The quantitative estimate of drug-likeness (QED) is 0.598.